The fraction of sp³-hybridized carbons (Fsp3) is 0.267. The van der Waals surface area contributed by atoms with Crippen molar-refractivity contribution in [1.82, 2.24) is 4.98 Å². The second kappa shape index (κ2) is 6.83. The van der Waals surface area contributed by atoms with Crippen LogP contribution in [0.3, 0.4) is 0 Å². The van der Waals surface area contributed by atoms with E-state index in [4.69, 9.17) is 16.3 Å². The van der Waals surface area contributed by atoms with Crippen LogP contribution in [0.4, 0.5) is 0 Å². The number of thiazole rings is 1. The lowest BCUT2D eigenvalue weighted by molar-refractivity contribution is 0.0517. The number of benzene rings is 1. The van der Waals surface area contributed by atoms with Crippen LogP contribution < -0.4 is 0 Å². The minimum absolute atomic E-state index is 0.103. The summed E-state index contributed by atoms with van der Waals surface area (Å²) in [5.41, 5.74) is 1.08. The maximum atomic E-state index is 11.8. The van der Waals surface area contributed by atoms with Gasteiger partial charge in [-0.15, -0.1) is 11.3 Å². The summed E-state index contributed by atoms with van der Waals surface area (Å²) in [6.45, 7) is 3.38. The van der Waals surface area contributed by atoms with Crippen LogP contribution in [0.25, 0.3) is 0 Å². The molecular formula is C15H14ClNO3S. The van der Waals surface area contributed by atoms with Crippen LogP contribution in [0.2, 0.25) is 5.02 Å². The molecule has 0 saturated carbocycles. The van der Waals surface area contributed by atoms with Crippen LogP contribution in [0, 0.1) is 0 Å². The third-order valence-corrected chi connectivity index (χ3v) is 4.10. The first-order chi connectivity index (χ1) is 10.0. The van der Waals surface area contributed by atoms with Crippen LogP contribution in [-0.4, -0.2) is 23.3 Å². The fourth-order valence-electron chi connectivity index (χ4n) is 1.84. The number of ether oxygens (including phenoxy) is 1. The van der Waals surface area contributed by atoms with Gasteiger partial charge in [-0.25, -0.2) is 9.78 Å². The highest BCUT2D eigenvalue weighted by molar-refractivity contribution is 7.14. The number of hydrogen-bond acceptors (Lipinski definition) is 5. The van der Waals surface area contributed by atoms with Crippen LogP contribution in [0.15, 0.2) is 24.3 Å². The lowest BCUT2D eigenvalue weighted by Crippen LogP contribution is -2.09. The van der Waals surface area contributed by atoms with Gasteiger partial charge in [-0.3, -0.25) is 4.79 Å². The van der Waals surface area contributed by atoms with Gasteiger partial charge in [0.2, 0.25) is 0 Å². The molecule has 6 heteroatoms. The first kappa shape index (κ1) is 15.7. The Balaban J connectivity index is 2.31. The molecule has 0 atom stereocenters. The van der Waals surface area contributed by atoms with Crippen molar-refractivity contribution in [3.63, 3.8) is 0 Å². The molecule has 4 nitrogen and oxygen atoms in total. The molecule has 0 aliphatic carbocycles. The number of ketones is 1. The molecule has 1 heterocycles. The smallest absolute Gasteiger partial charge is 0.358 e. The number of rotatable bonds is 5. The fourth-order valence-corrected chi connectivity index (χ4v) is 3.03. The van der Waals surface area contributed by atoms with E-state index in [1.165, 1.54) is 18.3 Å². The van der Waals surface area contributed by atoms with E-state index in [0.717, 1.165) is 5.56 Å². The number of hydrogen-bond donors (Lipinski definition) is 0. The van der Waals surface area contributed by atoms with Crippen LogP contribution >= 0.6 is 22.9 Å². The minimum Gasteiger partial charge on any atom is -0.461 e. The normalized spacial score (nSPS) is 10.4. The Hall–Kier alpha value is -1.72. The van der Waals surface area contributed by atoms with Gasteiger partial charge < -0.3 is 4.74 Å². The summed E-state index contributed by atoms with van der Waals surface area (Å²) in [6, 6.07) is 7.40. The predicted octanol–water partition coefficient (Wildman–Crippen LogP) is 3.77. The van der Waals surface area contributed by atoms with Crippen molar-refractivity contribution in [2.75, 3.05) is 6.61 Å². The SMILES string of the molecule is CCOC(=O)c1nc(Cc2cccc(Cl)c2)sc1C(C)=O. The number of halogens is 1. The van der Waals surface area contributed by atoms with Gasteiger partial charge in [-0.1, -0.05) is 23.7 Å². The van der Waals surface area contributed by atoms with E-state index >= 15 is 0 Å². The maximum Gasteiger partial charge on any atom is 0.358 e. The van der Waals surface area contributed by atoms with Gasteiger partial charge in [-0.05, 0) is 24.6 Å². The lowest BCUT2D eigenvalue weighted by atomic mass is 10.2. The zero-order valence-electron chi connectivity index (χ0n) is 11.7. The predicted molar refractivity (Wildman–Crippen MR) is 82.3 cm³/mol. The molecule has 110 valence electrons. The molecule has 0 spiro atoms. The number of carbonyl (C=O) groups is 2. The molecule has 1 aromatic heterocycles. The summed E-state index contributed by atoms with van der Waals surface area (Å²) in [7, 11) is 0. The lowest BCUT2D eigenvalue weighted by Gasteiger charge is -1.99. The van der Waals surface area contributed by atoms with Gasteiger partial charge in [-0.2, -0.15) is 0 Å². The summed E-state index contributed by atoms with van der Waals surface area (Å²) in [5.74, 6) is -0.746. The molecule has 0 amide bonds. The largest absolute Gasteiger partial charge is 0.461 e. The quantitative estimate of drug-likeness (QED) is 0.621. The van der Waals surface area contributed by atoms with Crippen molar-refractivity contribution >= 4 is 34.7 Å². The van der Waals surface area contributed by atoms with E-state index in [1.54, 1.807) is 13.0 Å². The Labute approximate surface area is 131 Å². The Morgan fingerprint density at radius 1 is 1.38 bits per heavy atom. The third kappa shape index (κ3) is 3.89. The van der Waals surface area contributed by atoms with Gasteiger partial charge in [0.05, 0.1) is 11.6 Å². The second-order valence-electron chi connectivity index (χ2n) is 4.37. The van der Waals surface area contributed by atoms with Gasteiger partial charge >= 0.3 is 5.97 Å². The van der Waals surface area contributed by atoms with Gasteiger partial charge in [0, 0.05) is 18.4 Å². The number of nitrogens with zero attached hydrogens (tertiary/aromatic N) is 1. The van der Waals surface area contributed by atoms with Crippen LogP contribution in [0.5, 0.6) is 0 Å². The Bertz CT molecular complexity index is 681. The zero-order chi connectivity index (χ0) is 15.4. The molecular weight excluding hydrogens is 310 g/mol. The third-order valence-electron chi connectivity index (χ3n) is 2.70. The molecule has 0 aliphatic heterocycles. The van der Waals surface area contributed by atoms with Crippen molar-refractivity contribution in [3.05, 3.63) is 50.4 Å². The molecule has 0 N–H and O–H groups in total. The van der Waals surface area contributed by atoms with Crippen molar-refractivity contribution in [3.8, 4) is 0 Å². The Morgan fingerprint density at radius 3 is 2.76 bits per heavy atom. The summed E-state index contributed by atoms with van der Waals surface area (Å²) < 4.78 is 4.93. The van der Waals surface area contributed by atoms with Crippen LogP contribution in [0.1, 0.15) is 44.6 Å². The van der Waals surface area contributed by atoms with Crippen molar-refractivity contribution in [2.45, 2.75) is 20.3 Å². The molecule has 0 fully saturated rings. The van der Waals surface area contributed by atoms with Crippen molar-refractivity contribution < 1.29 is 14.3 Å². The van der Waals surface area contributed by atoms with E-state index in [9.17, 15) is 9.59 Å². The molecule has 21 heavy (non-hydrogen) atoms. The Kier molecular flexibility index (Phi) is 5.09. The van der Waals surface area contributed by atoms with Crippen molar-refractivity contribution in [1.29, 1.82) is 0 Å². The number of carbonyl (C=O) groups excluding carboxylic acids is 2. The van der Waals surface area contributed by atoms with E-state index < -0.39 is 5.97 Å². The second-order valence-corrected chi connectivity index (χ2v) is 5.89. The molecule has 0 radical (unpaired) electrons. The van der Waals surface area contributed by atoms with E-state index in [0.29, 0.717) is 21.3 Å². The summed E-state index contributed by atoms with van der Waals surface area (Å²) >= 11 is 7.16. The molecule has 0 bridgehead atoms. The minimum atomic E-state index is -0.559. The summed E-state index contributed by atoms with van der Waals surface area (Å²) in [5, 5.41) is 1.33. The summed E-state index contributed by atoms with van der Waals surface area (Å²) in [4.78, 5) is 28.1. The zero-order valence-corrected chi connectivity index (χ0v) is 13.3. The highest BCUT2D eigenvalue weighted by atomic mass is 35.5. The van der Waals surface area contributed by atoms with E-state index in [-0.39, 0.29) is 18.1 Å². The highest BCUT2D eigenvalue weighted by Gasteiger charge is 2.22. The standard InChI is InChI=1S/C15H14ClNO3S/c1-3-20-15(19)13-14(9(2)18)21-12(17-13)8-10-5-4-6-11(16)7-10/h4-7H,3,8H2,1-2H3. The van der Waals surface area contributed by atoms with Gasteiger partial charge in [0.25, 0.3) is 0 Å². The number of Topliss-reactive ketones (excluding diaryl/α,β-unsaturated/α-hetero) is 1. The first-order valence-electron chi connectivity index (χ1n) is 6.43. The molecule has 0 aliphatic rings. The molecule has 2 rings (SSSR count). The average Bonchev–Trinajstić information content (AvgIpc) is 2.83. The number of aromatic nitrogens is 1. The van der Waals surface area contributed by atoms with E-state index in [1.807, 2.05) is 18.2 Å². The topological polar surface area (TPSA) is 56.3 Å². The van der Waals surface area contributed by atoms with Crippen LogP contribution in [-0.2, 0) is 11.2 Å². The van der Waals surface area contributed by atoms with Gasteiger partial charge in [0.1, 0.15) is 4.88 Å². The average molecular weight is 324 g/mol. The molecule has 0 unspecified atom stereocenters. The highest BCUT2D eigenvalue weighted by Crippen LogP contribution is 2.23. The number of esters is 1. The molecule has 2 aromatic rings. The maximum absolute atomic E-state index is 11.8. The Morgan fingerprint density at radius 2 is 2.14 bits per heavy atom. The van der Waals surface area contributed by atoms with E-state index in [2.05, 4.69) is 4.98 Å². The van der Waals surface area contributed by atoms with Crippen molar-refractivity contribution in [2.24, 2.45) is 0 Å². The first-order valence-corrected chi connectivity index (χ1v) is 7.63. The summed E-state index contributed by atoms with van der Waals surface area (Å²) in [6.07, 6.45) is 0.519. The monoisotopic (exact) mass is 323 g/mol. The molecule has 0 saturated heterocycles. The molecule has 1 aromatic carbocycles. The van der Waals surface area contributed by atoms with Gasteiger partial charge in [0.15, 0.2) is 11.5 Å².